The lowest BCUT2D eigenvalue weighted by Gasteiger charge is -2.36. The van der Waals surface area contributed by atoms with Crippen molar-refractivity contribution in [2.45, 2.75) is 19.4 Å². The van der Waals surface area contributed by atoms with Gasteiger partial charge < -0.3 is 15.0 Å². The van der Waals surface area contributed by atoms with E-state index < -0.39 is 0 Å². The molecule has 2 aliphatic rings. The first kappa shape index (κ1) is 20.7. The van der Waals surface area contributed by atoms with Gasteiger partial charge in [0, 0.05) is 51.2 Å². The maximum absolute atomic E-state index is 5.36. The van der Waals surface area contributed by atoms with Gasteiger partial charge in [-0.3, -0.25) is 9.89 Å². The Kier molecular flexibility index (Phi) is 9.22. The third kappa shape index (κ3) is 6.54. The number of rotatable bonds is 5. The summed E-state index contributed by atoms with van der Waals surface area (Å²) in [5, 5.41) is 5.68. The molecule has 2 aliphatic heterocycles. The monoisotopic (exact) mass is 476 g/mol. The van der Waals surface area contributed by atoms with Gasteiger partial charge in [-0.05, 0) is 24.3 Å². The number of guanidine groups is 1. The molecule has 7 heteroatoms. The van der Waals surface area contributed by atoms with Crippen LogP contribution in [0, 0.1) is 0 Å². The number of aliphatic imine (C=N–C) groups is 1. The fourth-order valence-corrected chi connectivity index (χ4v) is 3.95. The van der Waals surface area contributed by atoms with E-state index in [0.29, 0.717) is 0 Å². The smallest absolute Gasteiger partial charge is 0.193 e. The molecular formula is C18H29IN4OS. The first-order valence-electron chi connectivity index (χ1n) is 8.81. The van der Waals surface area contributed by atoms with Gasteiger partial charge in [0.05, 0.1) is 13.2 Å². The molecule has 3 rings (SSSR count). The molecule has 140 valence electrons. The van der Waals surface area contributed by atoms with Crippen LogP contribution in [0.4, 0.5) is 0 Å². The van der Waals surface area contributed by atoms with Gasteiger partial charge in [0.15, 0.2) is 5.96 Å². The average Bonchev–Trinajstić information content (AvgIpc) is 3.14. The van der Waals surface area contributed by atoms with Gasteiger partial charge >= 0.3 is 0 Å². The van der Waals surface area contributed by atoms with Crippen LogP contribution in [0.25, 0.3) is 0 Å². The summed E-state index contributed by atoms with van der Waals surface area (Å²) >= 11 is 1.85. The Hall–Kier alpha value is -0.640. The van der Waals surface area contributed by atoms with Crippen LogP contribution in [-0.4, -0.2) is 68.7 Å². The van der Waals surface area contributed by atoms with Crippen molar-refractivity contribution >= 4 is 41.3 Å². The zero-order valence-corrected chi connectivity index (χ0v) is 18.1. The Balaban J connectivity index is 0.00000225. The lowest BCUT2D eigenvalue weighted by atomic mass is 10.1. The van der Waals surface area contributed by atoms with Crippen LogP contribution in [0.15, 0.2) is 34.2 Å². The Morgan fingerprint density at radius 3 is 2.80 bits per heavy atom. The van der Waals surface area contributed by atoms with E-state index in [0.717, 1.165) is 71.3 Å². The van der Waals surface area contributed by atoms with Crippen molar-refractivity contribution in [2.24, 2.45) is 4.99 Å². The predicted octanol–water partition coefficient (Wildman–Crippen LogP) is 2.80. The highest BCUT2D eigenvalue weighted by molar-refractivity contribution is 14.0. The molecule has 5 nitrogen and oxygen atoms in total. The van der Waals surface area contributed by atoms with Gasteiger partial charge in [0.2, 0.25) is 0 Å². The Labute approximate surface area is 172 Å². The summed E-state index contributed by atoms with van der Waals surface area (Å²) in [6, 6.07) is 4.36. The van der Waals surface area contributed by atoms with E-state index in [9.17, 15) is 0 Å². The topological polar surface area (TPSA) is 40.1 Å². The van der Waals surface area contributed by atoms with Crippen molar-refractivity contribution in [2.75, 3.05) is 53.0 Å². The van der Waals surface area contributed by atoms with Crippen LogP contribution in [-0.2, 0) is 11.3 Å². The van der Waals surface area contributed by atoms with Crippen molar-refractivity contribution < 1.29 is 4.74 Å². The lowest BCUT2D eigenvalue weighted by Crippen LogP contribution is -2.52. The maximum atomic E-state index is 5.36. The Morgan fingerprint density at radius 2 is 2.16 bits per heavy atom. The summed E-state index contributed by atoms with van der Waals surface area (Å²) < 4.78 is 5.36. The van der Waals surface area contributed by atoms with E-state index in [1.165, 1.54) is 10.5 Å². The summed E-state index contributed by atoms with van der Waals surface area (Å²) in [6.07, 6.45) is 4.37. The number of nitrogens with one attached hydrogen (secondary N) is 1. The molecule has 0 amide bonds. The van der Waals surface area contributed by atoms with Crippen molar-refractivity contribution in [3.8, 4) is 0 Å². The van der Waals surface area contributed by atoms with E-state index >= 15 is 0 Å². The van der Waals surface area contributed by atoms with Crippen LogP contribution >= 0.6 is 35.3 Å². The summed E-state index contributed by atoms with van der Waals surface area (Å²) in [5.74, 6) is 1.04. The summed E-state index contributed by atoms with van der Waals surface area (Å²) in [5.41, 5.74) is 1.50. The third-order valence-electron chi connectivity index (χ3n) is 4.63. The van der Waals surface area contributed by atoms with Crippen molar-refractivity contribution in [1.29, 1.82) is 0 Å². The van der Waals surface area contributed by atoms with Gasteiger partial charge in [0.25, 0.3) is 0 Å². The van der Waals surface area contributed by atoms with E-state index in [2.05, 4.69) is 43.7 Å². The summed E-state index contributed by atoms with van der Waals surface area (Å²) in [6.45, 7) is 7.95. The quantitative estimate of drug-likeness (QED) is 0.307. The number of piperazine rings is 1. The first-order valence-corrected chi connectivity index (χ1v) is 9.69. The minimum atomic E-state index is 0. The molecule has 1 saturated heterocycles. The van der Waals surface area contributed by atoms with Crippen molar-refractivity contribution in [3.05, 3.63) is 34.0 Å². The molecule has 0 aliphatic carbocycles. The molecule has 0 saturated carbocycles. The second-order valence-electron chi connectivity index (χ2n) is 6.25. The molecular weight excluding hydrogens is 447 g/mol. The van der Waals surface area contributed by atoms with Crippen molar-refractivity contribution in [3.63, 3.8) is 0 Å². The highest BCUT2D eigenvalue weighted by Gasteiger charge is 2.19. The molecule has 25 heavy (non-hydrogen) atoms. The Morgan fingerprint density at radius 1 is 1.32 bits per heavy atom. The molecule has 0 spiro atoms. The van der Waals surface area contributed by atoms with E-state index in [4.69, 9.17) is 4.74 Å². The van der Waals surface area contributed by atoms with Gasteiger partial charge in [-0.2, -0.15) is 0 Å². The molecule has 1 aromatic rings. The minimum Gasteiger partial charge on any atom is -0.377 e. The number of halogens is 1. The molecule has 0 atom stereocenters. The molecule has 0 aromatic carbocycles. The van der Waals surface area contributed by atoms with E-state index in [-0.39, 0.29) is 24.0 Å². The van der Waals surface area contributed by atoms with Gasteiger partial charge in [-0.1, -0.05) is 17.7 Å². The minimum absolute atomic E-state index is 0. The molecule has 1 aromatic heterocycles. The largest absolute Gasteiger partial charge is 0.377 e. The Bertz CT molecular complexity index is 553. The molecule has 1 N–H and O–H groups in total. The first-order chi connectivity index (χ1) is 11.8. The normalized spacial score (nSPS) is 19.3. The fourth-order valence-electron chi connectivity index (χ4n) is 3.20. The standard InChI is InChI=1S/C18H28N4OS.HI/c1-19-18(20-7-4-16-5-12-23-13-6-16)22-10-8-21(9-11-22)15-17-3-2-14-24-17;/h2-3,5,14H,4,6-13,15H2,1H3,(H,19,20);1H. The highest BCUT2D eigenvalue weighted by Crippen LogP contribution is 2.14. The SMILES string of the molecule is CN=C(NCCC1=CCOCC1)N1CCN(Cc2cccs2)CC1.I. The third-order valence-corrected chi connectivity index (χ3v) is 5.49. The van der Waals surface area contributed by atoms with Crippen molar-refractivity contribution in [1.82, 2.24) is 15.1 Å². The van der Waals surface area contributed by atoms with Gasteiger partial charge in [-0.25, -0.2) is 0 Å². The van der Waals surface area contributed by atoms with Crippen LogP contribution in [0.5, 0.6) is 0 Å². The van der Waals surface area contributed by atoms with Gasteiger partial charge in [0.1, 0.15) is 0 Å². The maximum Gasteiger partial charge on any atom is 0.193 e. The van der Waals surface area contributed by atoms with E-state index in [1.807, 2.05) is 18.4 Å². The predicted molar refractivity (Wildman–Crippen MR) is 116 cm³/mol. The van der Waals surface area contributed by atoms with Crippen LogP contribution in [0.1, 0.15) is 17.7 Å². The zero-order chi connectivity index (χ0) is 16.6. The molecule has 0 unspecified atom stereocenters. The lowest BCUT2D eigenvalue weighted by molar-refractivity contribution is 0.153. The van der Waals surface area contributed by atoms with Crippen LogP contribution in [0.3, 0.4) is 0 Å². The second kappa shape index (κ2) is 11.2. The number of ether oxygens (including phenoxy) is 1. The molecule has 1 fully saturated rings. The van der Waals surface area contributed by atoms with Gasteiger partial charge in [-0.15, -0.1) is 35.3 Å². The molecule has 3 heterocycles. The number of hydrogen-bond acceptors (Lipinski definition) is 4. The molecule has 0 bridgehead atoms. The zero-order valence-electron chi connectivity index (χ0n) is 14.9. The second-order valence-corrected chi connectivity index (χ2v) is 7.29. The fraction of sp³-hybridized carbons (Fsp3) is 0.611. The summed E-state index contributed by atoms with van der Waals surface area (Å²) in [4.78, 5) is 10.8. The van der Waals surface area contributed by atoms with E-state index in [1.54, 1.807) is 0 Å². The number of thiophene rings is 1. The number of nitrogens with zero attached hydrogens (tertiary/aromatic N) is 3. The highest BCUT2D eigenvalue weighted by atomic mass is 127. The van der Waals surface area contributed by atoms with Crippen LogP contribution in [0.2, 0.25) is 0 Å². The molecule has 0 radical (unpaired) electrons. The van der Waals surface area contributed by atoms with Crippen LogP contribution < -0.4 is 5.32 Å². The average molecular weight is 476 g/mol. The number of hydrogen-bond donors (Lipinski definition) is 1. The summed E-state index contributed by atoms with van der Waals surface area (Å²) in [7, 11) is 1.88.